The van der Waals surface area contributed by atoms with Gasteiger partial charge in [-0.05, 0) is 44.4 Å². The Bertz CT molecular complexity index is 710. The Morgan fingerprint density at radius 2 is 2.14 bits per heavy atom. The summed E-state index contributed by atoms with van der Waals surface area (Å²) in [5.41, 5.74) is 1.07. The molecule has 3 rings (SSSR count). The second-order valence-corrected chi connectivity index (χ2v) is 6.70. The number of rotatable bonds is 1. The fraction of sp³-hybridized carbons (Fsp3) is 0.467. The maximum atomic E-state index is 13.1. The molecule has 1 aromatic carbocycles. The van der Waals surface area contributed by atoms with Crippen molar-refractivity contribution >= 4 is 27.5 Å². The highest BCUT2D eigenvalue weighted by Gasteiger charge is 2.46. The van der Waals surface area contributed by atoms with Crippen molar-refractivity contribution in [1.29, 1.82) is 0 Å². The molecule has 1 amide bonds. The van der Waals surface area contributed by atoms with Crippen LogP contribution in [0.4, 0.5) is 13.2 Å². The zero-order chi connectivity index (χ0) is 15.9. The van der Waals surface area contributed by atoms with Crippen LogP contribution in [-0.2, 0) is 0 Å². The van der Waals surface area contributed by atoms with Crippen molar-refractivity contribution in [2.24, 2.45) is 0 Å². The van der Waals surface area contributed by atoms with E-state index in [1.165, 1.54) is 11.3 Å². The van der Waals surface area contributed by atoms with Gasteiger partial charge in [-0.15, -0.1) is 11.3 Å². The molecule has 118 valence electrons. The van der Waals surface area contributed by atoms with E-state index in [9.17, 15) is 18.0 Å². The van der Waals surface area contributed by atoms with E-state index < -0.39 is 18.1 Å². The molecule has 0 aliphatic carbocycles. The topological polar surface area (TPSA) is 33.2 Å². The van der Waals surface area contributed by atoms with E-state index in [2.05, 4.69) is 4.98 Å². The molecule has 1 fully saturated rings. The van der Waals surface area contributed by atoms with E-state index in [0.717, 1.165) is 20.1 Å². The third-order valence-electron chi connectivity index (χ3n) is 3.88. The number of halogens is 3. The van der Waals surface area contributed by atoms with Crippen molar-refractivity contribution in [3.05, 3.63) is 28.8 Å². The largest absolute Gasteiger partial charge is 0.408 e. The lowest BCUT2D eigenvalue weighted by atomic mass is 10.0. The van der Waals surface area contributed by atoms with Crippen LogP contribution in [0.5, 0.6) is 0 Å². The molecule has 1 unspecified atom stereocenters. The highest BCUT2D eigenvalue weighted by atomic mass is 32.1. The number of benzene rings is 1. The maximum absolute atomic E-state index is 13.1. The fourth-order valence-electron chi connectivity index (χ4n) is 2.85. The summed E-state index contributed by atoms with van der Waals surface area (Å²) in [6, 6.07) is 3.22. The van der Waals surface area contributed by atoms with Crippen LogP contribution in [0.3, 0.4) is 0 Å². The Morgan fingerprint density at radius 3 is 2.86 bits per heavy atom. The molecule has 1 saturated heterocycles. The Kier molecular flexibility index (Phi) is 3.84. The number of alkyl halides is 3. The molecule has 3 nitrogen and oxygen atoms in total. The van der Waals surface area contributed by atoms with E-state index in [4.69, 9.17) is 0 Å². The lowest BCUT2D eigenvalue weighted by Crippen LogP contribution is -2.51. The molecule has 1 aliphatic heterocycles. The predicted molar refractivity (Wildman–Crippen MR) is 79.1 cm³/mol. The number of likely N-dealkylation sites (tertiary alicyclic amines) is 1. The van der Waals surface area contributed by atoms with Gasteiger partial charge in [0.1, 0.15) is 6.04 Å². The summed E-state index contributed by atoms with van der Waals surface area (Å²) in [4.78, 5) is 17.8. The minimum absolute atomic E-state index is 0.0167. The molecule has 1 aromatic heterocycles. The van der Waals surface area contributed by atoms with Crippen molar-refractivity contribution in [3.63, 3.8) is 0 Å². The van der Waals surface area contributed by atoms with Crippen molar-refractivity contribution in [3.8, 4) is 0 Å². The molecule has 1 atom stereocenters. The van der Waals surface area contributed by atoms with E-state index in [1.54, 1.807) is 18.2 Å². The molecule has 0 saturated carbocycles. The third kappa shape index (κ3) is 2.82. The smallest absolute Gasteiger partial charge is 0.327 e. The Morgan fingerprint density at radius 1 is 1.36 bits per heavy atom. The number of fused-ring (bicyclic) bond motifs is 1. The summed E-state index contributed by atoms with van der Waals surface area (Å²) in [5.74, 6) is -0.546. The van der Waals surface area contributed by atoms with Gasteiger partial charge in [-0.1, -0.05) is 0 Å². The number of hydrogen-bond acceptors (Lipinski definition) is 3. The first-order chi connectivity index (χ1) is 10.4. The van der Waals surface area contributed by atoms with Crippen LogP contribution in [0.1, 0.15) is 34.6 Å². The lowest BCUT2D eigenvalue weighted by molar-refractivity contribution is -0.183. The van der Waals surface area contributed by atoms with E-state index in [-0.39, 0.29) is 13.0 Å². The average molecular weight is 328 g/mol. The predicted octanol–water partition coefficient (Wildman–Crippen LogP) is 4.16. The van der Waals surface area contributed by atoms with Crippen LogP contribution in [0.15, 0.2) is 18.2 Å². The number of carbonyl (C=O) groups is 1. The standard InChI is InChI=1S/C15H15F3N2OS/c1-9-19-11-6-5-10(8-12(11)22-9)14(21)20-7-3-2-4-13(20)15(16,17)18/h5-6,8,13H,2-4,7H2,1H3. The molecule has 0 spiro atoms. The molecule has 1 aliphatic rings. The molecular formula is C15H15F3N2OS. The second kappa shape index (κ2) is 5.53. The first-order valence-corrected chi connectivity index (χ1v) is 7.93. The highest BCUT2D eigenvalue weighted by Crippen LogP contribution is 2.33. The van der Waals surface area contributed by atoms with Crippen LogP contribution in [0.2, 0.25) is 0 Å². The minimum Gasteiger partial charge on any atom is -0.327 e. The molecule has 2 heterocycles. The summed E-state index contributed by atoms with van der Waals surface area (Å²) in [6.07, 6.45) is -3.28. The fourth-order valence-corrected chi connectivity index (χ4v) is 3.72. The Balaban J connectivity index is 1.92. The second-order valence-electron chi connectivity index (χ2n) is 5.47. The Labute approximate surface area is 129 Å². The molecule has 2 aromatic rings. The lowest BCUT2D eigenvalue weighted by Gasteiger charge is -2.36. The number of carbonyl (C=O) groups excluding carboxylic acids is 1. The van der Waals surface area contributed by atoms with Gasteiger partial charge in [0.2, 0.25) is 0 Å². The number of thiazole rings is 1. The van der Waals surface area contributed by atoms with Gasteiger partial charge in [0, 0.05) is 12.1 Å². The number of nitrogens with zero attached hydrogens (tertiary/aromatic N) is 2. The van der Waals surface area contributed by atoms with Crippen molar-refractivity contribution < 1.29 is 18.0 Å². The first kappa shape index (κ1) is 15.3. The zero-order valence-corrected chi connectivity index (χ0v) is 12.8. The Hall–Kier alpha value is -1.63. The maximum Gasteiger partial charge on any atom is 0.408 e. The summed E-state index contributed by atoms with van der Waals surface area (Å²) in [6.45, 7) is 2.01. The first-order valence-electron chi connectivity index (χ1n) is 7.11. The van der Waals surface area contributed by atoms with Gasteiger partial charge in [0.05, 0.1) is 15.2 Å². The van der Waals surface area contributed by atoms with Crippen molar-refractivity contribution in [2.75, 3.05) is 6.54 Å². The molecule has 0 bridgehead atoms. The quantitative estimate of drug-likeness (QED) is 0.787. The van der Waals surface area contributed by atoms with Crippen LogP contribution in [-0.4, -0.2) is 34.6 Å². The SMILES string of the molecule is Cc1nc2ccc(C(=O)N3CCCCC3C(F)(F)F)cc2s1. The summed E-state index contributed by atoms with van der Waals surface area (Å²) in [7, 11) is 0. The zero-order valence-electron chi connectivity index (χ0n) is 12.0. The molecule has 0 radical (unpaired) electrons. The van der Waals surface area contributed by atoms with Crippen molar-refractivity contribution in [1.82, 2.24) is 9.88 Å². The molecule has 7 heteroatoms. The minimum atomic E-state index is -4.37. The van der Waals surface area contributed by atoms with Gasteiger partial charge < -0.3 is 4.90 Å². The van der Waals surface area contributed by atoms with E-state index >= 15 is 0 Å². The summed E-state index contributed by atoms with van der Waals surface area (Å²) < 4.78 is 40.2. The third-order valence-corrected chi connectivity index (χ3v) is 4.82. The van der Waals surface area contributed by atoms with Crippen LogP contribution in [0.25, 0.3) is 10.2 Å². The van der Waals surface area contributed by atoms with Gasteiger partial charge in [0.15, 0.2) is 0 Å². The normalized spacial score (nSPS) is 19.6. The van der Waals surface area contributed by atoms with E-state index in [1.807, 2.05) is 6.92 Å². The van der Waals surface area contributed by atoms with Gasteiger partial charge in [-0.25, -0.2) is 4.98 Å². The van der Waals surface area contributed by atoms with Crippen LogP contribution in [0, 0.1) is 6.92 Å². The van der Waals surface area contributed by atoms with E-state index in [0.29, 0.717) is 18.4 Å². The monoisotopic (exact) mass is 328 g/mol. The number of aromatic nitrogens is 1. The van der Waals surface area contributed by atoms with Crippen LogP contribution >= 0.6 is 11.3 Å². The number of aryl methyl sites for hydroxylation is 1. The van der Waals surface area contributed by atoms with Crippen molar-refractivity contribution in [2.45, 2.75) is 38.4 Å². The van der Waals surface area contributed by atoms with Crippen LogP contribution < -0.4 is 0 Å². The number of amides is 1. The summed E-state index contributed by atoms with van der Waals surface area (Å²) >= 11 is 1.43. The average Bonchev–Trinajstić information content (AvgIpc) is 2.84. The van der Waals surface area contributed by atoms with Gasteiger partial charge in [-0.3, -0.25) is 4.79 Å². The molecule has 0 N–H and O–H groups in total. The highest BCUT2D eigenvalue weighted by molar-refractivity contribution is 7.18. The summed E-state index contributed by atoms with van der Waals surface area (Å²) in [5, 5.41) is 0.866. The number of hydrogen-bond donors (Lipinski definition) is 0. The molecule has 22 heavy (non-hydrogen) atoms. The van der Waals surface area contributed by atoms with Gasteiger partial charge in [0.25, 0.3) is 5.91 Å². The number of piperidine rings is 1. The van der Waals surface area contributed by atoms with Gasteiger partial charge >= 0.3 is 6.18 Å². The van der Waals surface area contributed by atoms with Gasteiger partial charge in [-0.2, -0.15) is 13.2 Å². The molecular weight excluding hydrogens is 313 g/mol.